The van der Waals surface area contributed by atoms with E-state index in [2.05, 4.69) is 16.0 Å². The summed E-state index contributed by atoms with van der Waals surface area (Å²) in [6.07, 6.45) is 5.80. The van der Waals surface area contributed by atoms with E-state index in [9.17, 15) is 0 Å². The van der Waals surface area contributed by atoms with Crippen LogP contribution in [0.2, 0.25) is 0 Å². The Morgan fingerprint density at radius 1 is 1.12 bits per heavy atom. The van der Waals surface area contributed by atoms with Crippen molar-refractivity contribution in [3.63, 3.8) is 0 Å². The van der Waals surface area contributed by atoms with E-state index in [1.807, 2.05) is 74.9 Å². The zero-order valence-electron chi connectivity index (χ0n) is 14.1. The largest absolute Gasteiger partial charge is 0.480 e. The minimum absolute atomic E-state index is 0.133. The van der Waals surface area contributed by atoms with Crippen LogP contribution in [0.5, 0.6) is 17.2 Å². The maximum absolute atomic E-state index is 5.99. The number of aliphatic imine (C=N–C) groups is 1. The van der Waals surface area contributed by atoms with Gasteiger partial charge in [-0.15, -0.1) is 0 Å². The van der Waals surface area contributed by atoms with E-state index >= 15 is 0 Å². The van der Waals surface area contributed by atoms with Crippen LogP contribution in [0.4, 0.5) is 0 Å². The molecule has 0 aromatic heterocycles. The summed E-state index contributed by atoms with van der Waals surface area (Å²) >= 11 is 0. The molecule has 1 atom stereocenters. The van der Waals surface area contributed by atoms with E-state index in [0.717, 1.165) is 35.9 Å². The summed E-state index contributed by atoms with van der Waals surface area (Å²) in [4.78, 5) is 6.53. The molecule has 0 bridgehead atoms. The fourth-order valence-corrected chi connectivity index (χ4v) is 2.34. The van der Waals surface area contributed by atoms with E-state index in [4.69, 9.17) is 9.47 Å². The number of para-hydroxylation sites is 1. The molecule has 2 aromatic rings. The summed E-state index contributed by atoms with van der Waals surface area (Å²) in [6.45, 7) is 1.70. The molecular weight excluding hydrogens is 300 g/mol. The predicted molar refractivity (Wildman–Crippen MR) is 98.3 cm³/mol. The van der Waals surface area contributed by atoms with Gasteiger partial charge < -0.3 is 14.4 Å². The van der Waals surface area contributed by atoms with E-state index in [0.29, 0.717) is 0 Å². The van der Waals surface area contributed by atoms with Crippen LogP contribution in [0.15, 0.2) is 59.6 Å². The summed E-state index contributed by atoms with van der Waals surface area (Å²) in [5.41, 5.74) is 1.05. The van der Waals surface area contributed by atoms with Crippen molar-refractivity contribution in [3.8, 4) is 17.2 Å². The van der Waals surface area contributed by atoms with Crippen LogP contribution < -0.4 is 9.47 Å². The average Bonchev–Trinajstić information content (AvgIpc) is 2.59. The first-order chi connectivity index (χ1) is 11.7. The molecular formula is C20H22N2O2. The highest BCUT2D eigenvalue weighted by molar-refractivity contribution is 5.73. The molecule has 0 radical (unpaired) electrons. The standard InChI is InChI=1S/C20H22N2O2/c1-22(2)13-12-21-15-19-11-9-16-8-10-18(14-20(16)24-19)23-17-6-4-3-5-7-17/h3-11,14-15,19H,12-13H2,1-2H3. The van der Waals surface area contributed by atoms with Crippen molar-refractivity contribution in [3.05, 3.63) is 60.2 Å². The Bertz CT molecular complexity index is 724. The van der Waals surface area contributed by atoms with Crippen molar-refractivity contribution in [2.75, 3.05) is 27.2 Å². The average molecular weight is 322 g/mol. The molecule has 0 aliphatic carbocycles. The van der Waals surface area contributed by atoms with Crippen molar-refractivity contribution >= 4 is 12.3 Å². The summed E-state index contributed by atoms with van der Waals surface area (Å²) < 4.78 is 11.8. The monoisotopic (exact) mass is 322 g/mol. The van der Waals surface area contributed by atoms with Crippen LogP contribution in [0.3, 0.4) is 0 Å². The highest BCUT2D eigenvalue weighted by Crippen LogP contribution is 2.32. The number of likely N-dealkylation sites (N-methyl/N-ethyl adjacent to an activating group) is 1. The second kappa shape index (κ2) is 7.79. The van der Waals surface area contributed by atoms with Gasteiger partial charge in [-0.05, 0) is 44.4 Å². The molecule has 1 heterocycles. The molecule has 0 N–H and O–H groups in total. The van der Waals surface area contributed by atoms with Gasteiger partial charge in [0.1, 0.15) is 17.2 Å². The van der Waals surface area contributed by atoms with Gasteiger partial charge in [-0.3, -0.25) is 4.99 Å². The quantitative estimate of drug-likeness (QED) is 0.757. The number of hydrogen-bond donors (Lipinski definition) is 0. The van der Waals surface area contributed by atoms with Crippen LogP contribution in [0, 0.1) is 0 Å². The van der Waals surface area contributed by atoms with Gasteiger partial charge in [0, 0.05) is 24.4 Å². The van der Waals surface area contributed by atoms with E-state index in [1.165, 1.54) is 0 Å². The molecule has 1 aliphatic heterocycles. The van der Waals surface area contributed by atoms with Crippen LogP contribution in [0.1, 0.15) is 5.56 Å². The second-order valence-corrected chi connectivity index (χ2v) is 5.91. The van der Waals surface area contributed by atoms with Crippen LogP contribution in [-0.2, 0) is 0 Å². The van der Waals surface area contributed by atoms with Crippen LogP contribution in [-0.4, -0.2) is 44.4 Å². The fraction of sp³-hybridized carbons (Fsp3) is 0.250. The van der Waals surface area contributed by atoms with Crippen molar-refractivity contribution < 1.29 is 9.47 Å². The normalized spacial score (nSPS) is 16.2. The topological polar surface area (TPSA) is 34.1 Å². The van der Waals surface area contributed by atoms with Crippen molar-refractivity contribution in [1.82, 2.24) is 4.90 Å². The predicted octanol–water partition coefficient (Wildman–Crippen LogP) is 3.89. The smallest absolute Gasteiger partial charge is 0.152 e. The highest BCUT2D eigenvalue weighted by atomic mass is 16.5. The molecule has 0 fully saturated rings. The molecule has 0 saturated heterocycles. The van der Waals surface area contributed by atoms with Gasteiger partial charge in [0.05, 0.1) is 6.54 Å². The Morgan fingerprint density at radius 3 is 2.75 bits per heavy atom. The lowest BCUT2D eigenvalue weighted by molar-refractivity contribution is 0.311. The fourth-order valence-electron chi connectivity index (χ4n) is 2.34. The number of hydrogen-bond acceptors (Lipinski definition) is 4. The first kappa shape index (κ1) is 16.3. The van der Waals surface area contributed by atoms with Gasteiger partial charge in [-0.2, -0.15) is 0 Å². The Balaban J connectivity index is 1.65. The van der Waals surface area contributed by atoms with Gasteiger partial charge in [0.15, 0.2) is 6.10 Å². The lowest BCUT2D eigenvalue weighted by Crippen LogP contribution is -2.20. The van der Waals surface area contributed by atoms with Crippen molar-refractivity contribution in [2.45, 2.75) is 6.10 Å². The Hall–Kier alpha value is -2.59. The second-order valence-electron chi connectivity index (χ2n) is 5.91. The molecule has 4 nitrogen and oxygen atoms in total. The summed E-state index contributed by atoms with van der Waals surface area (Å²) in [5.74, 6) is 2.39. The van der Waals surface area contributed by atoms with Crippen molar-refractivity contribution in [1.29, 1.82) is 0 Å². The zero-order valence-corrected chi connectivity index (χ0v) is 14.1. The van der Waals surface area contributed by atoms with Gasteiger partial charge in [0.2, 0.25) is 0 Å². The van der Waals surface area contributed by atoms with E-state index in [1.54, 1.807) is 0 Å². The highest BCUT2D eigenvalue weighted by Gasteiger charge is 2.14. The molecule has 0 spiro atoms. The number of fused-ring (bicyclic) bond motifs is 1. The number of benzene rings is 2. The molecule has 0 saturated carbocycles. The molecule has 1 unspecified atom stereocenters. The third-order valence-electron chi connectivity index (χ3n) is 3.62. The number of nitrogens with zero attached hydrogens (tertiary/aromatic N) is 2. The Morgan fingerprint density at radius 2 is 1.96 bits per heavy atom. The summed E-state index contributed by atoms with van der Waals surface area (Å²) in [7, 11) is 4.08. The minimum Gasteiger partial charge on any atom is -0.480 e. The number of rotatable bonds is 6. The van der Waals surface area contributed by atoms with E-state index in [-0.39, 0.29) is 6.10 Å². The maximum Gasteiger partial charge on any atom is 0.152 e. The first-order valence-electron chi connectivity index (χ1n) is 8.07. The van der Waals surface area contributed by atoms with Crippen LogP contribution in [0.25, 0.3) is 6.08 Å². The number of ether oxygens (including phenoxy) is 2. The summed E-state index contributed by atoms with van der Waals surface area (Å²) in [5, 5.41) is 0. The van der Waals surface area contributed by atoms with Crippen molar-refractivity contribution in [2.24, 2.45) is 4.99 Å². The summed E-state index contributed by atoms with van der Waals surface area (Å²) in [6, 6.07) is 15.6. The maximum atomic E-state index is 5.99. The first-order valence-corrected chi connectivity index (χ1v) is 8.07. The molecule has 2 aromatic carbocycles. The van der Waals surface area contributed by atoms with Crippen LogP contribution >= 0.6 is 0 Å². The van der Waals surface area contributed by atoms with Gasteiger partial charge in [-0.1, -0.05) is 24.3 Å². The van der Waals surface area contributed by atoms with E-state index < -0.39 is 0 Å². The lowest BCUT2D eigenvalue weighted by Gasteiger charge is -2.19. The Kier molecular flexibility index (Phi) is 5.29. The van der Waals surface area contributed by atoms with Gasteiger partial charge in [0.25, 0.3) is 0 Å². The lowest BCUT2D eigenvalue weighted by atomic mass is 10.1. The molecule has 0 amide bonds. The third kappa shape index (κ3) is 4.46. The molecule has 1 aliphatic rings. The minimum atomic E-state index is -0.133. The Labute approximate surface area is 143 Å². The molecule has 3 rings (SSSR count). The zero-order chi connectivity index (χ0) is 16.8. The SMILES string of the molecule is CN(C)CCN=CC1C=Cc2ccc(Oc3ccccc3)cc2O1. The third-order valence-corrected chi connectivity index (χ3v) is 3.62. The molecule has 24 heavy (non-hydrogen) atoms. The molecule has 4 heteroatoms. The van der Waals surface area contributed by atoms with Gasteiger partial charge in [-0.25, -0.2) is 0 Å². The molecule has 124 valence electrons. The van der Waals surface area contributed by atoms with Gasteiger partial charge >= 0.3 is 0 Å².